The van der Waals surface area contributed by atoms with Gasteiger partial charge in [-0.1, -0.05) is 72.8 Å². The van der Waals surface area contributed by atoms with Crippen molar-refractivity contribution >= 4 is 22.7 Å². The van der Waals surface area contributed by atoms with Crippen molar-refractivity contribution in [3.05, 3.63) is 108 Å². The summed E-state index contributed by atoms with van der Waals surface area (Å²) in [5.41, 5.74) is 0.392. The zero-order valence-corrected chi connectivity index (χ0v) is 22.5. The average molecular weight is 631 g/mol. The third kappa shape index (κ3) is 5.57. The van der Waals surface area contributed by atoms with E-state index in [2.05, 4.69) is 0 Å². The molecule has 0 N–H and O–H groups in total. The van der Waals surface area contributed by atoms with E-state index in [1.165, 1.54) is 46.9 Å². The van der Waals surface area contributed by atoms with Crippen molar-refractivity contribution in [2.24, 2.45) is 0 Å². The molecule has 0 aliphatic heterocycles. The van der Waals surface area contributed by atoms with Crippen LogP contribution in [0.1, 0.15) is 11.1 Å². The van der Waals surface area contributed by atoms with E-state index in [9.17, 15) is 43.9 Å². The Morgan fingerprint density at radius 1 is 0.310 bits per heavy atom. The Morgan fingerprint density at radius 2 is 0.524 bits per heavy atom. The average Bonchev–Trinajstić information content (AvgIpc) is 3.63. The first-order valence-corrected chi connectivity index (χ1v) is 13.6. The fourth-order valence-corrected chi connectivity index (χ4v) is 6.14. The van der Waals surface area contributed by atoms with Crippen LogP contribution in [0, 0.1) is 0 Å². The first-order chi connectivity index (χ1) is 19.6. The summed E-state index contributed by atoms with van der Waals surface area (Å²) in [6.07, 6.45) is -11.4. The molecule has 0 amide bonds. The van der Waals surface area contributed by atoms with Gasteiger partial charge in [-0.05, 0) is 46.5 Å². The van der Waals surface area contributed by atoms with Crippen molar-refractivity contribution in [1.29, 1.82) is 0 Å². The van der Waals surface area contributed by atoms with E-state index in [0.717, 1.165) is 45.1 Å². The van der Waals surface area contributed by atoms with Crippen LogP contribution >= 0.6 is 22.7 Å². The normalized spacial score (nSPS) is 13.0. The van der Waals surface area contributed by atoms with Crippen LogP contribution in [0.3, 0.4) is 0 Å². The molecule has 2 heterocycles. The molecule has 0 atom stereocenters. The minimum absolute atomic E-state index is 0.492. The molecule has 0 radical (unpaired) electrons. The summed E-state index contributed by atoms with van der Waals surface area (Å²) >= 11 is 2.67. The monoisotopic (exact) mass is 630 g/mol. The first kappa shape index (κ1) is 29.8. The highest BCUT2D eigenvalue weighted by Gasteiger charge is 2.59. The number of hydrogen-bond acceptors (Lipinski definition) is 2. The van der Waals surface area contributed by atoms with Crippen molar-refractivity contribution in [2.45, 2.75) is 24.2 Å². The molecule has 0 saturated carbocycles. The van der Waals surface area contributed by atoms with Gasteiger partial charge < -0.3 is 0 Å². The summed E-state index contributed by atoms with van der Waals surface area (Å²) in [7, 11) is 0. The Balaban J connectivity index is 1.30. The third-order valence-corrected chi connectivity index (χ3v) is 8.81. The minimum Gasteiger partial charge on any atom is -0.191 e. The molecule has 0 aliphatic carbocycles. The molecular weight excluding hydrogens is 614 g/mol. The van der Waals surface area contributed by atoms with Crippen LogP contribution in [-0.2, 0) is 11.8 Å². The highest BCUT2D eigenvalue weighted by Crippen LogP contribution is 2.46. The molecule has 12 heteroatoms. The quantitative estimate of drug-likeness (QED) is 0.164. The lowest BCUT2D eigenvalue weighted by atomic mass is 10.0. The van der Waals surface area contributed by atoms with Crippen LogP contribution in [-0.4, -0.2) is 12.4 Å². The van der Waals surface area contributed by atoms with Crippen LogP contribution < -0.4 is 0 Å². The predicted octanol–water partition coefficient (Wildman–Crippen LogP) is 11.8. The summed E-state index contributed by atoms with van der Waals surface area (Å²) in [5.74, 6) is -9.90. The second kappa shape index (κ2) is 10.6. The number of rotatable bonds is 6. The topological polar surface area (TPSA) is 0 Å². The zero-order chi connectivity index (χ0) is 30.5. The van der Waals surface area contributed by atoms with Gasteiger partial charge in [0, 0.05) is 30.6 Å². The van der Waals surface area contributed by atoms with E-state index in [1.54, 1.807) is 12.1 Å². The summed E-state index contributed by atoms with van der Waals surface area (Å²) < 4.78 is 130. The van der Waals surface area contributed by atoms with E-state index in [0.29, 0.717) is 20.9 Å². The van der Waals surface area contributed by atoms with Crippen molar-refractivity contribution in [3.8, 4) is 41.8 Å². The lowest BCUT2D eigenvalue weighted by Gasteiger charge is -2.19. The highest BCUT2D eigenvalue weighted by molar-refractivity contribution is 7.19. The molecule has 42 heavy (non-hydrogen) atoms. The Morgan fingerprint density at radius 3 is 0.738 bits per heavy atom. The van der Waals surface area contributed by atoms with Gasteiger partial charge in [-0.3, -0.25) is 0 Å². The molecule has 0 spiro atoms. The third-order valence-electron chi connectivity index (χ3n) is 6.44. The van der Waals surface area contributed by atoms with Gasteiger partial charge in [0.25, 0.3) is 0 Å². The SMILES string of the molecule is FC(F)(F)C(F)(F)c1ccc(-c2ccc(-c3ccc(-c4ccc(-c5ccc(C(F)(F)C(F)(F)F)cc5)s4)cc3)s2)cc1. The van der Waals surface area contributed by atoms with Crippen LogP contribution in [0.2, 0.25) is 0 Å². The van der Waals surface area contributed by atoms with Gasteiger partial charge >= 0.3 is 24.2 Å². The van der Waals surface area contributed by atoms with E-state index >= 15 is 0 Å². The maximum absolute atomic E-state index is 13.6. The molecule has 0 saturated heterocycles. The summed E-state index contributed by atoms with van der Waals surface area (Å²) in [4.78, 5) is 3.03. The molecule has 0 fully saturated rings. The van der Waals surface area contributed by atoms with Crippen LogP contribution in [0.25, 0.3) is 41.8 Å². The van der Waals surface area contributed by atoms with E-state index in [-0.39, 0.29) is 0 Å². The lowest BCUT2D eigenvalue weighted by Crippen LogP contribution is -2.33. The van der Waals surface area contributed by atoms with Crippen LogP contribution in [0.4, 0.5) is 43.9 Å². The Labute approximate surface area is 240 Å². The van der Waals surface area contributed by atoms with E-state index in [1.807, 2.05) is 36.4 Å². The maximum Gasteiger partial charge on any atom is 0.458 e. The molecule has 3 aromatic carbocycles. The summed E-state index contributed by atoms with van der Waals surface area (Å²) in [6.45, 7) is 0. The summed E-state index contributed by atoms with van der Waals surface area (Å²) in [5, 5.41) is 0. The van der Waals surface area contributed by atoms with Gasteiger partial charge in [-0.2, -0.15) is 43.9 Å². The Bertz CT molecular complexity index is 1550. The van der Waals surface area contributed by atoms with Crippen molar-refractivity contribution in [3.63, 3.8) is 0 Å². The molecule has 218 valence electrons. The summed E-state index contributed by atoms with van der Waals surface area (Å²) in [6, 6.07) is 22.4. The minimum atomic E-state index is -5.69. The molecule has 2 aromatic heterocycles. The number of thiophene rings is 2. The number of hydrogen-bond donors (Lipinski definition) is 0. The van der Waals surface area contributed by atoms with Gasteiger partial charge in [-0.15, -0.1) is 22.7 Å². The number of alkyl halides is 10. The van der Waals surface area contributed by atoms with Gasteiger partial charge in [0.1, 0.15) is 0 Å². The van der Waals surface area contributed by atoms with Crippen molar-refractivity contribution in [2.75, 3.05) is 0 Å². The molecule has 5 rings (SSSR count). The number of benzene rings is 3. The molecule has 0 bridgehead atoms. The van der Waals surface area contributed by atoms with E-state index < -0.39 is 35.3 Å². The second-order valence-corrected chi connectivity index (χ2v) is 11.4. The fraction of sp³-hybridized carbons (Fsp3) is 0.133. The fourth-order valence-electron chi connectivity index (χ4n) is 4.11. The van der Waals surface area contributed by atoms with Crippen LogP contribution in [0.15, 0.2) is 97.1 Å². The molecule has 0 nitrogen and oxygen atoms in total. The van der Waals surface area contributed by atoms with Crippen molar-refractivity contribution in [1.82, 2.24) is 0 Å². The van der Waals surface area contributed by atoms with Crippen molar-refractivity contribution < 1.29 is 43.9 Å². The maximum atomic E-state index is 13.6. The van der Waals surface area contributed by atoms with Gasteiger partial charge in [0.15, 0.2) is 0 Å². The van der Waals surface area contributed by atoms with E-state index in [4.69, 9.17) is 0 Å². The first-order valence-electron chi connectivity index (χ1n) is 12.0. The van der Waals surface area contributed by atoms with Gasteiger partial charge in [0.05, 0.1) is 0 Å². The largest absolute Gasteiger partial charge is 0.458 e. The Kier molecular flexibility index (Phi) is 7.51. The standard InChI is InChI=1S/C30H16F10S2/c31-27(32,29(35,36)37)21-9-5-19(6-10-21)25-15-13-23(41-25)17-1-2-18(4-3-17)24-14-16-26(42-24)20-7-11-22(12-8-20)28(33,34)30(38,39)40/h1-16H. The number of halogens is 10. The molecule has 0 aliphatic rings. The zero-order valence-electron chi connectivity index (χ0n) is 20.8. The van der Waals surface area contributed by atoms with Crippen LogP contribution in [0.5, 0.6) is 0 Å². The highest BCUT2D eigenvalue weighted by atomic mass is 32.1. The molecular formula is C30H16F10S2. The predicted molar refractivity (Wildman–Crippen MR) is 144 cm³/mol. The lowest BCUT2D eigenvalue weighted by molar-refractivity contribution is -0.289. The molecule has 5 aromatic rings. The smallest absolute Gasteiger partial charge is 0.191 e. The Hall–Kier alpha value is -3.64. The van der Waals surface area contributed by atoms with Gasteiger partial charge in [0.2, 0.25) is 0 Å². The molecule has 0 unspecified atom stereocenters. The second-order valence-electron chi connectivity index (χ2n) is 9.20. The van der Waals surface area contributed by atoms with Gasteiger partial charge in [-0.25, -0.2) is 0 Å².